The van der Waals surface area contributed by atoms with Crippen molar-refractivity contribution < 1.29 is 23.1 Å². The molecule has 8 heteroatoms. The van der Waals surface area contributed by atoms with Gasteiger partial charge >= 0.3 is 5.97 Å². The van der Waals surface area contributed by atoms with Crippen LogP contribution in [-0.4, -0.2) is 45.0 Å². The van der Waals surface area contributed by atoms with E-state index in [1.165, 1.54) is 19.2 Å². The van der Waals surface area contributed by atoms with Crippen molar-refractivity contribution >= 4 is 27.8 Å². The molecule has 0 bridgehead atoms. The van der Waals surface area contributed by atoms with Crippen LogP contribution in [0.15, 0.2) is 88.7 Å². The van der Waals surface area contributed by atoms with Gasteiger partial charge in [-0.3, -0.25) is 4.79 Å². The number of carboxylic acids is 1. The molecule has 0 aliphatic heterocycles. The Kier molecular flexibility index (Phi) is 8.31. The first kappa shape index (κ1) is 24.6. The number of methoxy groups -OCH3 is 1. The third-order valence-electron chi connectivity index (χ3n) is 4.83. The van der Waals surface area contributed by atoms with Gasteiger partial charge in [0.2, 0.25) is 10.0 Å². The van der Waals surface area contributed by atoms with Crippen LogP contribution in [0.5, 0.6) is 0 Å². The molecule has 0 saturated heterocycles. The fraction of sp³-hybridized carbons (Fsp3) is 0.160. The number of benzene rings is 3. The van der Waals surface area contributed by atoms with Crippen LogP contribution >= 0.6 is 11.8 Å². The van der Waals surface area contributed by atoms with Gasteiger partial charge in [0.15, 0.2) is 6.04 Å². The van der Waals surface area contributed by atoms with E-state index in [-0.39, 0.29) is 4.90 Å². The van der Waals surface area contributed by atoms with Crippen LogP contribution in [0.4, 0.5) is 0 Å². The zero-order valence-corrected chi connectivity index (χ0v) is 19.7. The summed E-state index contributed by atoms with van der Waals surface area (Å²) in [5.74, 6) is 4.12. The molecule has 0 saturated carbocycles. The predicted octanol–water partition coefficient (Wildman–Crippen LogP) is 3.87. The number of aliphatic carboxylic acids is 1. The molecule has 3 rings (SSSR count). The van der Waals surface area contributed by atoms with Crippen molar-refractivity contribution in [2.75, 3.05) is 13.4 Å². The molecule has 2 N–H and O–H groups in total. The molecule has 0 heterocycles. The van der Waals surface area contributed by atoms with Crippen molar-refractivity contribution in [3.63, 3.8) is 0 Å². The summed E-state index contributed by atoms with van der Waals surface area (Å²) < 4.78 is 33.2. The topological polar surface area (TPSA) is 92.7 Å². The van der Waals surface area contributed by atoms with E-state index in [0.717, 1.165) is 16.0 Å². The number of rotatable bonds is 8. The number of hydrogen-bond acceptors (Lipinski definition) is 5. The zero-order chi connectivity index (χ0) is 23.8. The number of hydrogen-bond donors (Lipinski definition) is 2. The molecule has 170 valence electrons. The molecular weight excluding hydrogens is 458 g/mol. The average Bonchev–Trinajstić information content (AvgIpc) is 2.84. The van der Waals surface area contributed by atoms with Crippen molar-refractivity contribution in [1.82, 2.24) is 4.72 Å². The predicted molar refractivity (Wildman–Crippen MR) is 130 cm³/mol. The molecule has 33 heavy (non-hydrogen) atoms. The molecule has 6 nitrogen and oxygen atoms in total. The highest BCUT2D eigenvalue weighted by Gasteiger charge is 2.32. The highest BCUT2D eigenvalue weighted by atomic mass is 32.2. The second kappa shape index (κ2) is 11.2. The standard InChI is InChI=1S/C25H23NO5S2/c1-31-23(17-8-18-6-4-3-5-7-18)24(25(27)28)26-33(29,30)22-15-11-20(12-16-22)19-9-13-21(32-2)14-10-19/h3-7,9-16,23-24,26H,1-2H3,(H,27,28)/t23-,24-/m1/s1. The quantitative estimate of drug-likeness (QED) is 0.375. The maximum Gasteiger partial charge on any atom is 0.325 e. The first-order chi connectivity index (χ1) is 15.8. The maximum absolute atomic E-state index is 12.9. The van der Waals surface area contributed by atoms with E-state index in [9.17, 15) is 18.3 Å². The zero-order valence-electron chi connectivity index (χ0n) is 18.1. The maximum atomic E-state index is 12.9. The molecule has 0 radical (unpaired) electrons. The fourth-order valence-corrected chi connectivity index (χ4v) is 4.64. The summed E-state index contributed by atoms with van der Waals surface area (Å²) in [5.41, 5.74) is 2.45. The Morgan fingerprint density at radius 1 is 0.970 bits per heavy atom. The highest BCUT2D eigenvalue weighted by Crippen LogP contribution is 2.24. The lowest BCUT2D eigenvalue weighted by atomic mass is 10.1. The lowest BCUT2D eigenvalue weighted by Crippen LogP contribution is -2.48. The van der Waals surface area contributed by atoms with Crippen LogP contribution in [0, 0.1) is 11.8 Å². The molecule has 0 fully saturated rings. The highest BCUT2D eigenvalue weighted by molar-refractivity contribution is 7.98. The summed E-state index contributed by atoms with van der Waals surface area (Å²) in [5, 5.41) is 9.64. The molecule has 0 aromatic heterocycles. The van der Waals surface area contributed by atoms with Gasteiger partial charge in [0, 0.05) is 17.6 Å². The van der Waals surface area contributed by atoms with Crippen molar-refractivity contribution in [2.45, 2.75) is 21.9 Å². The molecule has 0 aliphatic carbocycles. The molecule has 2 atom stereocenters. The van der Waals surface area contributed by atoms with E-state index in [0.29, 0.717) is 5.56 Å². The smallest absolute Gasteiger partial charge is 0.325 e. The van der Waals surface area contributed by atoms with Crippen LogP contribution in [0.1, 0.15) is 5.56 Å². The van der Waals surface area contributed by atoms with Crippen LogP contribution in [0.25, 0.3) is 11.1 Å². The third kappa shape index (κ3) is 6.46. The molecule has 3 aromatic carbocycles. The monoisotopic (exact) mass is 481 g/mol. The minimum atomic E-state index is -4.13. The van der Waals surface area contributed by atoms with Gasteiger partial charge in [-0.05, 0) is 53.8 Å². The largest absolute Gasteiger partial charge is 0.480 e. The first-order valence-corrected chi connectivity index (χ1v) is 12.6. The van der Waals surface area contributed by atoms with Crippen molar-refractivity contribution in [3.8, 4) is 23.0 Å². The molecule has 0 spiro atoms. The lowest BCUT2D eigenvalue weighted by molar-refractivity contribution is -0.141. The van der Waals surface area contributed by atoms with Gasteiger partial charge in [0.05, 0.1) is 4.90 Å². The summed E-state index contributed by atoms with van der Waals surface area (Å²) in [7, 11) is -2.85. The minimum absolute atomic E-state index is 0.0518. The fourth-order valence-electron chi connectivity index (χ4n) is 3.04. The van der Waals surface area contributed by atoms with Crippen molar-refractivity contribution in [3.05, 3.63) is 84.4 Å². The molecule has 3 aromatic rings. The summed E-state index contributed by atoms with van der Waals surface area (Å²) in [6.45, 7) is 0. The van der Waals surface area contributed by atoms with Gasteiger partial charge in [-0.15, -0.1) is 11.8 Å². The Balaban J connectivity index is 1.81. The van der Waals surface area contributed by atoms with E-state index in [2.05, 4.69) is 16.6 Å². The number of ether oxygens (including phenoxy) is 1. The van der Waals surface area contributed by atoms with Gasteiger partial charge in [-0.2, -0.15) is 4.72 Å². The van der Waals surface area contributed by atoms with E-state index in [4.69, 9.17) is 4.74 Å². The van der Waals surface area contributed by atoms with Crippen molar-refractivity contribution in [2.24, 2.45) is 0 Å². The number of nitrogens with one attached hydrogen (secondary N) is 1. The Hall–Kier alpha value is -3.09. The second-order valence-corrected chi connectivity index (χ2v) is 9.58. The van der Waals surface area contributed by atoms with Gasteiger partial charge in [0.25, 0.3) is 0 Å². The summed E-state index contributed by atoms with van der Waals surface area (Å²) >= 11 is 1.64. The van der Waals surface area contributed by atoms with Gasteiger partial charge in [-0.25, -0.2) is 8.42 Å². The van der Waals surface area contributed by atoms with E-state index in [1.807, 2.05) is 36.6 Å². The van der Waals surface area contributed by atoms with Gasteiger partial charge in [-0.1, -0.05) is 54.3 Å². The normalized spacial score (nSPS) is 12.9. The van der Waals surface area contributed by atoms with Crippen molar-refractivity contribution in [1.29, 1.82) is 0 Å². The van der Waals surface area contributed by atoms with Gasteiger partial charge in [0.1, 0.15) is 6.10 Å². The minimum Gasteiger partial charge on any atom is -0.480 e. The number of carbonyl (C=O) groups is 1. The number of carboxylic acid groups (broad SMARTS) is 1. The summed E-state index contributed by atoms with van der Waals surface area (Å²) in [4.78, 5) is 12.9. The SMILES string of the molecule is CO[C@H](C#Cc1ccccc1)[C@@H](NS(=O)(=O)c1ccc(-c2ccc(SC)cc2)cc1)C(=O)O. The number of sulfonamides is 1. The number of thioether (sulfide) groups is 1. The average molecular weight is 482 g/mol. The Bertz CT molecular complexity index is 1250. The molecule has 0 unspecified atom stereocenters. The van der Waals surface area contributed by atoms with E-state index >= 15 is 0 Å². The van der Waals surface area contributed by atoms with E-state index < -0.39 is 28.1 Å². The lowest BCUT2D eigenvalue weighted by Gasteiger charge is -2.19. The summed E-state index contributed by atoms with van der Waals surface area (Å²) in [6.07, 6.45) is 0.805. The van der Waals surface area contributed by atoms with Crippen LogP contribution in [0.3, 0.4) is 0 Å². The Morgan fingerprint density at radius 2 is 1.55 bits per heavy atom. The molecule has 0 amide bonds. The van der Waals surface area contributed by atoms with Crippen LogP contribution in [0.2, 0.25) is 0 Å². The molecular formula is C25H23NO5S2. The van der Waals surface area contributed by atoms with Crippen LogP contribution < -0.4 is 4.72 Å². The van der Waals surface area contributed by atoms with E-state index in [1.54, 1.807) is 48.2 Å². The van der Waals surface area contributed by atoms with Gasteiger partial charge < -0.3 is 9.84 Å². The first-order valence-electron chi connectivity index (χ1n) is 9.93. The Labute approximate surface area is 198 Å². The Morgan fingerprint density at radius 3 is 2.06 bits per heavy atom. The second-order valence-electron chi connectivity index (χ2n) is 6.98. The van der Waals surface area contributed by atoms with Crippen LogP contribution in [-0.2, 0) is 19.6 Å². The summed E-state index contributed by atoms with van der Waals surface area (Å²) in [6, 6.07) is 21.5. The molecule has 0 aliphatic rings. The third-order valence-corrected chi connectivity index (χ3v) is 7.03.